The van der Waals surface area contributed by atoms with E-state index < -0.39 is 0 Å². The fourth-order valence-corrected chi connectivity index (χ4v) is 1.80. The van der Waals surface area contributed by atoms with Crippen molar-refractivity contribution in [3.8, 4) is 0 Å². The van der Waals surface area contributed by atoms with Crippen molar-refractivity contribution < 1.29 is 4.79 Å². The molecule has 0 spiro atoms. The van der Waals surface area contributed by atoms with Crippen molar-refractivity contribution in [3.05, 3.63) is 35.9 Å². The Morgan fingerprint density at radius 3 is 2.53 bits per heavy atom. The maximum absolute atomic E-state index is 12.1. The monoisotopic (exact) mass is 234 g/mol. The average molecular weight is 234 g/mol. The molecular weight excluding hydrogens is 212 g/mol. The minimum absolute atomic E-state index is 0.200. The highest BCUT2D eigenvalue weighted by molar-refractivity contribution is 5.78. The molecular formula is C14H22N2O. The molecule has 0 saturated carbocycles. The first kappa shape index (κ1) is 13.7. The van der Waals surface area contributed by atoms with Crippen molar-refractivity contribution in [1.29, 1.82) is 0 Å². The molecule has 0 atom stereocenters. The molecule has 0 aliphatic heterocycles. The van der Waals surface area contributed by atoms with Gasteiger partial charge in [-0.1, -0.05) is 37.3 Å². The number of nitrogens with two attached hydrogens (primary N) is 1. The first-order valence-corrected chi connectivity index (χ1v) is 6.29. The number of carbonyl (C=O) groups excluding carboxylic acids is 1. The largest absolute Gasteiger partial charge is 0.342 e. The van der Waals surface area contributed by atoms with E-state index in [-0.39, 0.29) is 5.91 Å². The van der Waals surface area contributed by atoms with Crippen LogP contribution in [-0.2, 0) is 11.2 Å². The summed E-state index contributed by atoms with van der Waals surface area (Å²) >= 11 is 0. The lowest BCUT2D eigenvalue weighted by molar-refractivity contribution is -0.130. The average Bonchev–Trinajstić information content (AvgIpc) is 2.35. The minimum atomic E-state index is 0.200. The van der Waals surface area contributed by atoms with Crippen LogP contribution < -0.4 is 5.73 Å². The molecule has 0 aromatic heterocycles. The van der Waals surface area contributed by atoms with Crippen LogP contribution in [0.4, 0.5) is 0 Å². The van der Waals surface area contributed by atoms with Gasteiger partial charge in [0.05, 0.1) is 6.42 Å². The molecule has 0 radical (unpaired) electrons. The fraction of sp³-hybridized carbons (Fsp3) is 0.500. The van der Waals surface area contributed by atoms with Gasteiger partial charge in [0.2, 0.25) is 5.91 Å². The lowest BCUT2D eigenvalue weighted by Crippen LogP contribution is -2.34. The van der Waals surface area contributed by atoms with Crippen LogP contribution in [0.1, 0.15) is 25.3 Å². The van der Waals surface area contributed by atoms with E-state index in [2.05, 4.69) is 6.92 Å². The zero-order valence-corrected chi connectivity index (χ0v) is 10.6. The summed E-state index contributed by atoms with van der Waals surface area (Å²) in [4.78, 5) is 14.0. The van der Waals surface area contributed by atoms with Gasteiger partial charge in [-0.2, -0.15) is 0 Å². The topological polar surface area (TPSA) is 46.3 Å². The molecule has 17 heavy (non-hydrogen) atoms. The van der Waals surface area contributed by atoms with Gasteiger partial charge in [0, 0.05) is 13.1 Å². The van der Waals surface area contributed by atoms with Crippen LogP contribution in [0.15, 0.2) is 30.3 Å². The van der Waals surface area contributed by atoms with Crippen LogP contribution in [0, 0.1) is 0 Å². The summed E-state index contributed by atoms with van der Waals surface area (Å²) in [6.45, 7) is 4.33. The second kappa shape index (κ2) is 7.85. The third-order valence-electron chi connectivity index (χ3n) is 2.68. The minimum Gasteiger partial charge on any atom is -0.342 e. The normalized spacial score (nSPS) is 10.2. The number of hydrogen-bond donors (Lipinski definition) is 1. The van der Waals surface area contributed by atoms with E-state index in [1.54, 1.807) is 0 Å². The zero-order valence-electron chi connectivity index (χ0n) is 10.6. The summed E-state index contributed by atoms with van der Waals surface area (Å²) in [5.41, 5.74) is 6.56. The van der Waals surface area contributed by atoms with E-state index >= 15 is 0 Å². The Balaban J connectivity index is 2.52. The van der Waals surface area contributed by atoms with Gasteiger partial charge >= 0.3 is 0 Å². The van der Waals surface area contributed by atoms with Crippen molar-refractivity contribution in [1.82, 2.24) is 4.90 Å². The molecule has 94 valence electrons. The summed E-state index contributed by atoms with van der Waals surface area (Å²) in [5, 5.41) is 0. The van der Waals surface area contributed by atoms with Crippen LogP contribution in [0.5, 0.6) is 0 Å². The third-order valence-corrected chi connectivity index (χ3v) is 2.68. The third kappa shape index (κ3) is 5.00. The van der Waals surface area contributed by atoms with Gasteiger partial charge in [0.15, 0.2) is 0 Å². The van der Waals surface area contributed by atoms with E-state index in [9.17, 15) is 4.79 Å². The molecule has 0 fully saturated rings. The van der Waals surface area contributed by atoms with Gasteiger partial charge in [0.1, 0.15) is 0 Å². The van der Waals surface area contributed by atoms with Crippen molar-refractivity contribution in [2.45, 2.75) is 26.2 Å². The highest BCUT2D eigenvalue weighted by atomic mass is 16.2. The van der Waals surface area contributed by atoms with E-state index in [0.717, 1.165) is 31.5 Å². The zero-order chi connectivity index (χ0) is 12.5. The predicted molar refractivity (Wildman–Crippen MR) is 70.7 cm³/mol. The van der Waals surface area contributed by atoms with Crippen LogP contribution in [0.3, 0.4) is 0 Å². The van der Waals surface area contributed by atoms with Crippen molar-refractivity contribution in [2.75, 3.05) is 19.6 Å². The first-order chi connectivity index (χ1) is 8.27. The van der Waals surface area contributed by atoms with E-state index in [1.807, 2.05) is 35.2 Å². The molecule has 1 amide bonds. The van der Waals surface area contributed by atoms with Crippen LogP contribution >= 0.6 is 0 Å². The van der Waals surface area contributed by atoms with Gasteiger partial charge in [0.25, 0.3) is 0 Å². The van der Waals surface area contributed by atoms with Crippen molar-refractivity contribution in [3.63, 3.8) is 0 Å². The SMILES string of the molecule is CCCN(CCCN)C(=O)Cc1ccccc1. The summed E-state index contributed by atoms with van der Waals surface area (Å²) in [5.74, 6) is 0.200. The molecule has 1 rings (SSSR count). The van der Waals surface area contributed by atoms with E-state index in [4.69, 9.17) is 5.73 Å². The molecule has 0 aliphatic rings. The van der Waals surface area contributed by atoms with Gasteiger partial charge < -0.3 is 10.6 Å². The smallest absolute Gasteiger partial charge is 0.226 e. The quantitative estimate of drug-likeness (QED) is 0.782. The number of nitrogens with zero attached hydrogens (tertiary/aromatic N) is 1. The Hall–Kier alpha value is -1.35. The highest BCUT2D eigenvalue weighted by Gasteiger charge is 2.12. The second-order valence-electron chi connectivity index (χ2n) is 4.19. The van der Waals surface area contributed by atoms with Gasteiger partial charge in [-0.15, -0.1) is 0 Å². The standard InChI is InChI=1S/C14H22N2O/c1-2-10-16(11-6-9-15)14(17)12-13-7-4-3-5-8-13/h3-5,7-8H,2,6,9-12,15H2,1H3. The van der Waals surface area contributed by atoms with E-state index in [0.29, 0.717) is 13.0 Å². The number of amides is 1. The van der Waals surface area contributed by atoms with Crippen LogP contribution in [-0.4, -0.2) is 30.4 Å². The number of carbonyl (C=O) groups is 1. The van der Waals surface area contributed by atoms with Gasteiger partial charge in [-0.25, -0.2) is 0 Å². The van der Waals surface area contributed by atoms with Crippen molar-refractivity contribution >= 4 is 5.91 Å². The Morgan fingerprint density at radius 2 is 1.94 bits per heavy atom. The summed E-state index contributed by atoms with van der Waals surface area (Å²) in [6, 6.07) is 9.88. The lowest BCUT2D eigenvalue weighted by atomic mass is 10.1. The van der Waals surface area contributed by atoms with Crippen molar-refractivity contribution in [2.24, 2.45) is 5.73 Å². The Morgan fingerprint density at radius 1 is 1.24 bits per heavy atom. The Kier molecular flexibility index (Phi) is 6.33. The predicted octanol–water partition coefficient (Wildman–Crippen LogP) is 1.82. The van der Waals surface area contributed by atoms with Crippen LogP contribution in [0.25, 0.3) is 0 Å². The first-order valence-electron chi connectivity index (χ1n) is 6.29. The molecule has 2 N–H and O–H groups in total. The Bertz CT molecular complexity index is 324. The molecule has 0 unspecified atom stereocenters. The molecule has 3 heteroatoms. The number of benzene rings is 1. The number of hydrogen-bond acceptors (Lipinski definition) is 2. The van der Waals surface area contributed by atoms with Crippen LogP contribution in [0.2, 0.25) is 0 Å². The van der Waals surface area contributed by atoms with E-state index in [1.165, 1.54) is 0 Å². The number of rotatable bonds is 7. The lowest BCUT2D eigenvalue weighted by Gasteiger charge is -2.21. The molecule has 1 aromatic rings. The summed E-state index contributed by atoms with van der Waals surface area (Å²) in [7, 11) is 0. The molecule has 3 nitrogen and oxygen atoms in total. The summed E-state index contributed by atoms with van der Waals surface area (Å²) in [6.07, 6.45) is 2.36. The second-order valence-corrected chi connectivity index (χ2v) is 4.19. The molecule has 1 aromatic carbocycles. The van der Waals surface area contributed by atoms with Gasteiger partial charge in [-0.05, 0) is 24.9 Å². The molecule has 0 heterocycles. The highest BCUT2D eigenvalue weighted by Crippen LogP contribution is 2.04. The maximum Gasteiger partial charge on any atom is 0.226 e. The molecule has 0 saturated heterocycles. The Labute approximate surface area is 104 Å². The summed E-state index contributed by atoms with van der Waals surface area (Å²) < 4.78 is 0. The molecule has 0 aliphatic carbocycles. The maximum atomic E-state index is 12.1. The fourth-order valence-electron chi connectivity index (χ4n) is 1.80. The van der Waals surface area contributed by atoms with Gasteiger partial charge in [-0.3, -0.25) is 4.79 Å². The molecule has 0 bridgehead atoms.